The van der Waals surface area contributed by atoms with E-state index in [9.17, 15) is 18.0 Å². The molecular weight excluding hydrogens is 332 g/mol. The molecule has 0 saturated carbocycles. The number of rotatable bonds is 4. The second-order valence-electron chi connectivity index (χ2n) is 6.61. The number of aryl methyl sites for hydroxylation is 1. The number of fused-ring (bicyclic) bond motifs is 2. The molecule has 1 aromatic heterocycles. The summed E-state index contributed by atoms with van der Waals surface area (Å²) in [4.78, 5) is 28.5. The fourth-order valence-corrected chi connectivity index (χ4v) is 4.43. The van der Waals surface area contributed by atoms with Gasteiger partial charge >= 0.3 is 0 Å². The molecule has 24 heavy (non-hydrogen) atoms. The molecule has 3 heterocycles. The Morgan fingerprint density at radius 2 is 2.08 bits per heavy atom. The Morgan fingerprint density at radius 3 is 2.71 bits per heavy atom. The van der Waals surface area contributed by atoms with Crippen LogP contribution < -0.4 is 10.9 Å². The minimum absolute atomic E-state index is 0.0437. The predicted octanol–water partition coefficient (Wildman–Crippen LogP) is -0.310. The van der Waals surface area contributed by atoms with Gasteiger partial charge in [0.2, 0.25) is 10.0 Å². The molecular formula is C15H22N4O4S. The van der Waals surface area contributed by atoms with Crippen LogP contribution >= 0.6 is 0 Å². The quantitative estimate of drug-likeness (QED) is 0.799. The highest BCUT2D eigenvalue weighted by atomic mass is 32.2. The van der Waals surface area contributed by atoms with E-state index in [0.717, 1.165) is 12.8 Å². The fraction of sp³-hybridized carbons (Fsp3) is 0.667. The van der Waals surface area contributed by atoms with E-state index in [1.807, 2.05) is 11.5 Å². The number of carbonyl (C=O) groups excluding carboxylic acids is 1. The van der Waals surface area contributed by atoms with Crippen molar-refractivity contribution in [1.82, 2.24) is 19.2 Å². The van der Waals surface area contributed by atoms with Gasteiger partial charge in [-0.1, -0.05) is 6.92 Å². The summed E-state index contributed by atoms with van der Waals surface area (Å²) in [5, 5.41) is 2.69. The summed E-state index contributed by atoms with van der Waals surface area (Å²) in [7, 11) is -3.26. The molecule has 0 bridgehead atoms. The molecule has 1 amide bonds. The lowest BCUT2D eigenvalue weighted by Crippen LogP contribution is -2.36. The Hall–Kier alpha value is -1.74. The van der Waals surface area contributed by atoms with Crippen LogP contribution in [0.1, 0.15) is 42.4 Å². The van der Waals surface area contributed by atoms with Crippen LogP contribution in [0.3, 0.4) is 0 Å². The number of nitrogens with one attached hydrogen (secondary N) is 1. The van der Waals surface area contributed by atoms with Crippen LogP contribution in [0.5, 0.6) is 0 Å². The molecule has 2 aliphatic heterocycles. The topological polar surface area (TPSA) is 101 Å². The Morgan fingerprint density at radius 1 is 1.38 bits per heavy atom. The number of hydrogen-bond donors (Lipinski definition) is 1. The van der Waals surface area contributed by atoms with E-state index in [4.69, 9.17) is 0 Å². The smallest absolute Gasteiger partial charge is 0.285 e. The second kappa shape index (κ2) is 5.96. The summed E-state index contributed by atoms with van der Waals surface area (Å²) in [6.07, 6.45) is 4.92. The molecule has 8 nitrogen and oxygen atoms in total. The molecule has 1 spiro atoms. The van der Waals surface area contributed by atoms with Crippen molar-refractivity contribution in [1.29, 1.82) is 0 Å². The summed E-state index contributed by atoms with van der Waals surface area (Å²) < 4.78 is 26.8. The van der Waals surface area contributed by atoms with E-state index in [1.165, 1.54) is 10.6 Å². The zero-order valence-electron chi connectivity index (χ0n) is 13.9. The number of amides is 1. The van der Waals surface area contributed by atoms with Gasteiger partial charge in [0.05, 0.1) is 6.26 Å². The highest BCUT2D eigenvalue weighted by molar-refractivity contribution is 7.88. The van der Waals surface area contributed by atoms with Crippen molar-refractivity contribution in [3.05, 3.63) is 27.9 Å². The molecule has 0 aromatic carbocycles. The van der Waals surface area contributed by atoms with Crippen molar-refractivity contribution in [2.45, 2.75) is 38.1 Å². The molecule has 2 aliphatic rings. The van der Waals surface area contributed by atoms with Crippen LogP contribution in [0.25, 0.3) is 0 Å². The molecule has 0 unspecified atom stereocenters. The van der Waals surface area contributed by atoms with E-state index in [0.29, 0.717) is 38.4 Å². The van der Waals surface area contributed by atoms with Gasteiger partial charge in [-0.25, -0.2) is 12.7 Å². The molecule has 1 aromatic rings. The molecule has 9 heteroatoms. The van der Waals surface area contributed by atoms with Gasteiger partial charge in [0.15, 0.2) is 0 Å². The zero-order chi connectivity index (χ0) is 17.5. The summed E-state index contributed by atoms with van der Waals surface area (Å²) in [6.45, 7) is 3.86. The van der Waals surface area contributed by atoms with Gasteiger partial charge in [0.25, 0.3) is 11.5 Å². The third-order valence-electron chi connectivity index (χ3n) is 4.87. The highest BCUT2D eigenvalue weighted by Gasteiger charge is 2.48. The number of nitrogens with zero attached hydrogens (tertiary/aromatic N) is 3. The predicted molar refractivity (Wildman–Crippen MR) is 88.5 cm³/mol. The van der Waals surface area contributed by atoms with Gasteiger partial charge in [0, 0.05) is 37.8 Å². The average Bonchev–Trinajstić information content (AvgIpc) is 3.10. The lowest BCUT2D eigenvalue weighted by Gasteiger charge is -2.22. The van der Waals surface area contributed by atoms with Crippen molar-refractivity contribution in [2.24, 2.45) is 0 Å². The Bertz CT molecular complexity index is 832. The maximum absolute atomic E-state index is 12.3. The van der Waals surface area contributed by atoms with E-state index in [1.54, 1.807) is 6.20 Å². The first-order valence-corrected chi connectivity index (χ1v) is 9.97. The van der Waals surface area contributed by atoms with Crippen LogP contribution in [0.4, 0.5) is 0 Å². The first-order chi connectivity index (χ1) is 11.3. The number of carbonyl (C=O) groups is 1. The minimum Gasteiger partial charge on any atom is -0.352 e. The van der Waals surface area contributed by atoms with Crippen molar-refractivity contribution in [3.8, 4) is 0 Å². The fourth-order valence-electron chi connectivity index (χ4n) is 3.53. The molecule has 3 rings (SSSR count). The third-order valence-corrected chi connectivity index (χ3v) is 6.12. The normalized spacial score (nSPS) is 23.6. The molecule has 1 fully saturated rings. The Kier molecular flexibility index (Phi) is 4.25. The van der Waals surface area contributed by atoms with Gasteiger partial charge < -0.3 is 9.88 Å². The van der Waals surface area contributed by atoms with Crippen LogP contribution in [0, 0.1) is 0 Å². The summed E-state index contributed by atoms with van der Waals surface area (Å²) in [5.74, 6) is 0.195. The molecule has 0 radical (unpaired) electrons. The van der Waals surface area contributed by atoms with Gasteiger partial charge in [0.1, 0.15) is 11.4 Å². The largest absolute Gasteiger partial charge is 0.352 e. The van der Waals surface area contributed by atoms with Crippen LogP contribution in [0.15, 0.2) is 11.0 Å². The lowest BCUT2D eigenvalue weighted by molar-refractivity contribution is 0.0951. The van der Waals surface area contributed by atoms with E-state index in [-0.39, 0.29) is 5.56 Å². The lowest BCUT2D eigenvalue weighted by atomic mass is 9.85. The van der Waals surface area contributed by atoms with Crippen molar-refractivity contribution < 1.29 is 13.2 Å². The van der Waals surface area contributed by atoms with Gasteiger partial charge in [-0.3, -0.25) is 9.59 Å². The maximum atomic E-state index is 12.3. The van der Waals surface area contributed by atoms with E-state index < -0.39 is 26.9 Å². The molecule has 1 saturated heterocycles. The van der Waals surface area contributed by atoms with Crippen LogP contribution in [0.2, 0.25) is 0 Å². The van der Waals surface area contributed by atoms with Gasteiger partial charge in [-0.2, -0.15) is 4.98 Å². The molecule has 0 aliphatic carbocycles. The highest BCUT2D eigenvalue weighted by Crippen LogP contribution is 2.41. The minimum atomic E-state index is -3.26. The van der Waals surface area contributed by atoms with Crippen molar-refractivity contribution in [2.75, 3.05) is 25.9 Å². The van der Waals surface area contributed by atoms with Crippen LogP contribution in [-0.2, 0) is 22.0 Å². The van der Waals surface area contributed by atoms with E-state index >= 15 is 0 Å². The third kappa shape index (κ3) is 2.86. The summed E-state index contributed by atoms with van der Waals surface area (Å²) >= 11 is 0. The average molecular weight is 354 g/mol. The Labute approximate surface area is 140 Å². The van der Waals surface area contributed by atoms with Crippen LogP contribution in [-0.4, -0.2) is 54.1 Å². The monoisotopic (exact) mass is 354 g/mol. The SMILES string of the molecule is CCCNC(=O)c1cn2c(nc1=O)[C@]1(CCN(S(C)(=O)=O)C1)CC2. The number of aromatic nitrogens is 2. The number of sulfonamides is 1. The van der Waals surface area contributed by atoms with Crippen molar-refractivity contribution in [3.63, 3.8) is 0 Å². The van der Waals surface area contributed by atoms with Crippen molar-refractivity contribution >= 4 is 15.9 Å². The summed E-state index contributed by atoms with van der Waals surface area (Å²) in [5.41, 5.74) is -0.920. The maximum Gasteiger partial charge on any atom is 0.285 e. The van der Waals surface area contributed by atoms with E-state index in [2.05, 4.69) is 10.3 Å². The standard InChI is InChI=1S/C15H22N4O4S/c1-3-6-16-12(20)11-9-18-7-4-15(14(18)17-13(11)21)5-8-19(10-15)24(2,22)23/h9H,3-8,10H2,1-2H3,(H,16,20)/t15-/m0/s1. The molecule has 1 N–H and O–H groups in total. The van der Waals surface area contributed by atoms with Gasteiger partial charge in [-0.15, -0.1) is 0 Å². The second-order valence-corrected chi connectivity index (χ2v) is 8.59. The first kappa shape index (κ1) is 17.1. The Balaban J connectivity index is 1.92. The summed E-state index contributed by atoms with van der Waals surface area (Å²) in [6, 6.07) is 0. The zero-order valence-corrected chi connectivity index (χ0v) is 14.7. The molecule has 1 atom stereocenters. The van der Waals surface area contributed by atoms with Gasteiger partial charge in [-0.05, 0) is 19.3 Å². The molecule has 132 valence electrons. The number of hydrogen-bond acceptors (Lipinski definition) is 5. The first-order valence-electron chi connectivity index (χ1n) is 8.12.